The van der Waals surface area contributed by atoms with E-state index in [0.29, 0.717) is 5.92 Å². The van der Waals surface area contributed by atoms with Crippen LogP contribution in [-0.2, 0) is 15.7 Å². The predicted molar refractivity (Wildman–Crippen MR) is 142 cm³/mol. The Kier molecular flexibility index (Phi) is 8.42. The molecular formula is C30H43BO3. The summed E-state index contributed by atoms with van der Waals surface area (Å²) in [5.74, 6) is 1.51. The van der Waals surface area contributed by atoms with Gasteiger partial charge < -0.3 is 14.0 Å². The van der Waals surface area contributed by atoms with Gasteiger partial charge in [0.1, 0.15) is 11.9 Å². The van der Waals surface area contributed by atoms with E-state index in [1.54, 1.807) is 0 Å². The Bertz CT molecular complexity index is 879. The van der Waals surface area contributed by atoms with Crippen LogP contribution in [-0.4, -0.2) is 24.4 Å². The normalized spacial score (nSPS) is 22.5. The first-order chi connectivity index (χ1) is 16.4. The Balaban J connectivity index is 1.19. The fourth-order valence-electron chi connectivity index (χ4n) is 5.37. The number of hydrogen-bond donors (Lipinski definition) is 0. The van der Waals surface area contributed by atoms with Crippen molar-refractivity contribution in [3.05, 3.63) is 65.7 Å². The third kappa shape index (κ3) is 6.26. The van der Waals surface area contributed by atoms with Gasteiger partial charge in [-0.2, -0.15) is 0 Å². The highest BCUT2D eigenvalue weighted by Gasteiger charge is 2.51. The molecule has 1 saturated heterocycles. The van der Waals surface area contributed by atoms with E-state index in [0.717, 1.165) is 24.9 Å². The molecule has 2 aromatic rings. The van der Waals surface area contributed by atoms with Crippen molar-refractivity contribution >= 4 is 7.12 Å². The standard InChI is InChI=1S/C30H43BO3/c1-29(2)30(3,4)34-31(33-29)23-22-26-25-19-14-15-21-27(25)32-28(26)20-13-8-6-5-7-10-16-24-17-11-9-12-18-24/h9,11-12,14-15,17-19,21,26,28H,5-8,10,13,16,20,22-23H2,1-4H3/t26-,28+/m1/s1. The number of para-hydroxylation sites is 1. The molecule has 3 nitrogen and oxygen atoms in total. The second-order valence-corrected chi connectivity index (χ2v) is 11.2. The first kappa shape index (κ1) is 25.3. The fourth-order valence-corrected chi connectivity index (χ4v) is 5.37. The monoisotopic (exact) mass is 462 g/mol. The molecule has 1 fully saturated rings. The van der Waals surface area contributed by atoms with Crippen LogP contribution < -0.4 is 4.74 Å². The first-order valence-corrected chi connectivity index (χ1v) is 13.5. The van der Waals surface area contributed by atoms with E-state index < -0.39 is 0 Å². The lowest BCUT2D eigenvalue weighted by molar-refractivity contribution is 0.00578. The van der Waals surface area contributed by atoms with Gasteiger partial charge in [0.05, 0.1) is 11.2 Å². The van der Waals surface area contributed by atoms with Gasteiger partial charge in [0.2, 0.25) is 0 Å². The van der Waals surface area contributed by atoms with Gasteiger partial charge in [-0.05, 0) is 77.7 Å². The molecule has 0 N–H and O–H groups in total. The van der Waals surface area contributed by atoms with Crippen molar-refractivity contribution in [2.75, 3.05) is 0 Å². The SMILES string of the molecule is CC1(C)OB(CC[C@@H]2c3ccccc3O[C@H]2CCCCCCCCc2ccccc2)OC1(C)C. The van der Waals surface area contributed by atoms with Crippen LogP contribution in [0.25, 0.3) is 0 Å². The summed E-state index contributed by atoms with van der Waals surface area (Å²) in [5, 5.41) is 0. The van der Waals surface area contributed by atoms with Crippen molar-refractivity contribution < 1.29 is 14.0 Å². The molecule has 4 rings (SSSR count). The van der Waals surface area contributed by atoms with Gasteiger partial charge in [-0.25, -0.2) is 0 Å². The van der Waals surface area contributed by atoms with Gasteiger partial charge >= 0.3 is 7.12 Å². The molecule has 2 heterocycles. The van der Waals surface area contributed by atoms with Gasteiger partial charge in [0, 0.05) is 11.5 Å². The van der Waals surface area contributed by atoms with Crippen molar-refractivity contribution in [3.63, 3.8) is 0 Å². The minimum absolute atomic E-state index is 0.130. The van der Waals surface area contributed by atoms with Crippen LogP contribution in [0.3, 0.4) is 0 Å². The Hall–Kier alpha value is -1.78. The largest absolute Gasteiger partial charge is 0.489 e. The second kappa shape index (κ2) is 11.3. The molecular weight excluding hydrogens is 419 g/mol. The van der Waals surface area contributed by atoms with E-state index in [1.165, 1.54) is 56.1 Å². The van der Waals surface area contributed by atoms with Crippen molar-refractivity contribution in [1.82, 2.24) is 0 Å². The summed E-state index contributed by atoms with van der Waals surface area (Å²) in [7, 11) is -0.130. The molecule has 4 heteroatoms. The van der Waals surface area contributed by atoms with E-state index in [9.17, 15) is 0 Å². The van der Waals surface area contributed by atoms with Crippen molar-refractivity contribution in [3.8, 4) is 5.75 Å². The Labute approximate surface area is 207 Å². The van der Waals surface area contributed by atoms with E-state index in [1.807, 2.05) is 0 Å². The zero-order valence-corrected chi connectivity index (χ0v) is 21.7. The molecule has 2 aliphatic heterocycles. The molecule has 184 valence electrons. The lowest BCUT2D eigenvalue weighted by Crippen LogP contribution is -2.41. The minimum Gasteiger partial charge on any atom is -0.489 e. The molecule has 34 heavy (non-hydrogen) atoms. The number of benzene rings is 2. The van der Waals surface area contributed by atoms with Gasteiger partial charge in [-0.15, -0.1) is 0 Å². The molecule has 0 unspecified atom stereocenters. The maximum absolute atomic E-state index is 6.43. The van der Waals surface area contributed by atoms with E-state index >= 15 is 0 Å². The number of fused-ring (bicyclic) bond motifs is 1. The first-order valence-electron chi connectivity index (χ1n) is 13.5. The molecule has 2 aliphatic rings. The second-order valence-electron chi connectivity index (χ2n) is 11.2. The topological polar surface area (TPSA) is 27.7 Å². The Morgan fingerprint density at radius 3 is 2.06 bits per heavy atom. The Morgan fingerprint density at radius 1 is 0.706 bits per heavy atom. The molecule has 2 aromatic carbocycles. The quantitative estimate of drug-likeness (QED) is 0.236. The van der Waals surface area contributed by atoms with Gasteiger partial charge in [0.15, 0.2) is 0 Å². The molecule has 0 aromatic heterocycles. The van der Waals surface area contributed by atoms with E-state index in [4.69, 9.17) is 14.0 Å². The summed E-state index contributed by atoms with van der Waals surface area (Å²) in [5.41, 5.74) is 2.31. The Morgan fingerprint density at radius 2 is 1.32 bits per heavy atom. The van der Waals surface area contributed by atoms with Crippen LogP contribution >= 0.6 is 0 Å². The summed E-state index contributed by atoms with van der Waals surface area (Å²) < 4.78 is 18.9. The smallest absolute Gasteiger partial charge is 0.457 e. The molecule has 0 spiro atoms. The molecule has 2 atom stereocenters. The highest BCUT2D eigenvalue weighted by molar-refractivity contribution is 6.45. The zero-order chi connectivity index (χ0) is 24.0. The highest BCUT2D eigenvalue weighted by Crippen LogP contribution is 2.44. The number of aryl methyl sites for hydroxylation is 1. The van der Waals surface area contributed by atoms with Crippen LogP contribution in [0.5, 0.6) is 5.75 Å². The number of rotatable bonds is 12. The molecule has 0 bridgehead atoms. The highest BCUT2D eigenvalue weighted by atomic mass is 16.7. The molecule has 0 amide bonds. The summed E-state index contributed by atoms with van der Waals surface area (Å²) in [6.07, 6.45) is 12.4. The van der Waals surface area contributed by atoms with Crippen molar-refractivity contribution in [1.29, 1.82) is 0 Å². The summed E-state index contributed by atoms with van der Waals surface area (Å²) in [4.78, 5) is 0. The predicted octanol–water partition coefficient (Wildman–Crippen LogP) is 7.99. The number of unbranched alkanes of at least 4 members (excludes halogenated alkanes) is 5. The lowest BCUT2D eigenvalue weighted by atomic mass is 9.76. The van der Waals surface area contributed by atoms with Crippen LogP contribution in [0.15, 0.2) is 54.6 Å². The van der Waals surface area contributed by atoms with Crippen molar-refractivity contribution in [2.24, 2.45) is 0 Å². The molecule has 0 radical (unpaired) electrons. The van der Waals surface area contributed by atoms with Gasteiger partial charge in [-0.3, -0.25) is 0 Å². The van der Waals surface area contributed by atoms with Crippen LogP contribution in [0.1, 0.15) is 96.1 Å². The minimum atomic E-state index is -0.262. The fraction of sp³-hybridized carbons (Fsp3) is 0.600. The van der Waals surface area contributed by atoms with Gasteiger partial charge in [0.25, 0.3) is 0 Å². The lowest BCUT2D eigenvalue weighted by Gasteiger charge is -2.32. The van der Waals surface area contributed by atoms with E-state index in [2.05, 4.69) is 82.3 Å². The van der Waals surface area contributed by atoms with Crippen LogP contribution in [0.4, 0.5) is 0 Å². The van der Waals surface area contributed by atoms with Crippen LogP contribution in [0, 0.1) is 0 Å². The van der Waals surface area contributed by atoms with Crippen LogP contribution in [0.2, 0.25) is 6.32 Å². The maximum atomic E-state index is 6.43. The number of ether oxygens (including phenoxy) is 1. The average molecular weight is 462 g/mol. The summed E-state index contributed by atoms with van der Waals surface area (Å²) in [6.45, 7) is 8.52. The molecule has 0 aliphatic carbocycles. The van der Waals surface area contributed by atoms with Gasteiger partial charge in [-0.1, -0.05) is 74.2 Å². The molecule has 0 saturated carbocycles. The average Bonchev–Trinajstić information content (AvgIpc) is 3.26. The zero-order valence-electron chi connectivity index (χ0n) is 21.7. The summed E-state index contributed by atoms with van der Waals surface area (Å²) >= 11 is 0. The third-order valence-corrected chi connectivity index (χ3v) is 8.11. The maximum Gasteiger partial charge on any atom is 0.457 e. The third-order valence-electron chi connectivity index (χ3n) is 8.11. The van der Waals surface area contributed by atoms with Crippen molar-refractivity contribution in [2.45, 2.75) is 115 Å². The van der Waals surface area contributed by atoms with E-state index in [-0.39, 0.29) is 24.4 Å². The summed E-state index contributed by atoms with van der Waals surface area (Å²) in [6, 6.07) is 19.5. The number of hydrogen-bond acceptors (Lipinski definition) is 3.